The highest BCUT2D eigenvalue weighted by molar-refractivity contribution is 9.10. The van der Waals surface area contributed by atoms with Gasteiger partial charge in [-0.05, 0) is 58.8 Å². The van der Waals surface area contributed by atoms with Crippen LogP contribution in [0.3, 0.4) is 0 Å². The first kappa shape index (κ1) is 14.2. The van der Waals surface area contributed by atoms with Crippen molar-refractivity contribution < 1.29 is 4.74 Å². The predicted molar refractivity (Wildman–Crippen MR) is 80.5 cm³/mol. The Morgan fingerprint density at radius 1 is 1.39 bits per heavy atom. The van der Waals surface area contributed by atoms with Crippen LogP contribution in [0.2, 0.25) is 0 Å². The van der Waals surface area contributed by atoms with Gasteiger partial charge in [0.15, 0.2) is 0 Å². The molecule has 1 unspecified atom stereocenters. The highest BCUT2D eigenvalue weighted by Crippen LogP contribution is 2.41. The molecule has 1 aliphatic rings. The summed E-state index contributed by atoms with van der Waals surface area (Å²) in [6.45, 7) is 2.86. The van der Waals surface area contributed by atoms with Crippen molar-refractivity contribution in [3.8, 4) is 5.75 Å². The maximum absolute atomic E-state index is 6.58. The van der Waals surface area contributed by atoms with E-state index in [1.165, 1.54) is 31.2 Å². The molecule has 0 aromatic heterocycles. The molecule has 1 saturated carbocycles. The maximum atomic E-state index is 6.58. The van der Waals surface area contributed by atoms with Crippen molar-refractivity contribution in [1.29, 1.82) is 0 Å². The minimum atomic E-state index is 0.143. The Morgan fingerprint density at radius 3 is 2.72 bits per heavy atom. The van der Waals surface area contributed by atoms with E-state index >= 15 is 0 Å². The molecular formula is C15H20BrClO. The summed E-state index contributed by atoms with van der Waals surface area (Å²) in [6.07, 6.45) is 6.20. The quantitative estimate of drug-likeness (QED) is 0.628. The zero-order valence-electron chi connectivity index (χ0n) is 10.8. The molecule has 1 fully saturated rings. The normalized spacial score (nSPS) is 17.9. The molecule has 2 rings (SSSR count). The molecule has 0 spiro atoms. The second-order valence-electron chi connectivity index (χ2n) is 4.98. The summed E-state index contributed by atoms with van der Waals surface area (Å²) in [4.78, 5) is 0. The summed E-state index contributed by atoms with van der Waals surface area (Å²) in [5.74, 6) is 1.55. The lowest BCUT2D eigenvalue weighted by molar-refractivity contribution is 0.315. The number of ether oxygens (including phenoxy) is 1. The van der Waals surface area contributed by atoms with Crippen LogP contribution in [0, 0.1) is 5.92 Å². The third-order valence-corrected chi connectivity index (χ3v) is 4.78. The molecule has 1 aromatic rings. The first-order valence-electron chi connectivity index (χ1n) is 6.78. The fourth-order valence-corrected chi connectivity index (χ4v) is 3.44. The first-order valence-corrected chi connectivity index (χ1v) is 8.01. The van der Waals surface area contributed by atoms with Crippen molar-refractivity contribution in [3.05, 3.63) is 28.2 Å². The van der Waals surface area contributed by atoms with Crippen molar-refractivity contribution >= 4 is 27.5 Å². The number of benzene rings is 1. The molecule has 0 amide bonds. The second-order valence-corrected chi connectivity index (χ2v) is 6.31. The number of hydrogen-bond acceptors (Lipinski definition) is 1. The summed E-state index contributed by atoms with van der Waals surface area (Å²) in [5.41, 5.74) is 1.21. The Labute approximate surface area is 123 Å². The van der Waals surface area contributed by atoms with Gasteiger partial charge < -0.3 is 4.74 Å². The summed E-state index contributed by atoms with van der Waals surface area (Å²) < 4.78 is 6.67. The van der Waals surface area contributed by atoms with Gasteiger partial charge in [0.25, 0.3) is 0 Å². The van der Waals surface area contributed by atoms with Crippen LogP contribution in [0.1, 0.15) is 50.0 Å². The van der Waals surface area contributed by atoms with Crippen LogP contribution < -0.4 is 4.74 Å². The Balaban J connectivity index is 2.07. The molecule has 0 bridgehead atoms. The highest BCUT2D eigenvalue weighted by atomic mass is 79.9. The SMILES string of the molecule is CCCOc1ccc(C(Cl)C2CCCC2)cc1Br. The number of hydrogen-bond donors (Lipinski definition) is 0. The molecule has 0 N–H and O–H groups in total. The van der Waals surface area contributed by atoms with Gasteiger partial charge in [0.2, 0.25) is 0 Å². The summed E-state index contributed by atoms with van der Waals surface area (Å²) in [5, 5.41) is 0.143. The van der Waals surface area contributed by atoms with Crippen LogP contribution in [-0.2, 0) is 0 Å². The van der Waals surface area contributed by atoms with E-state index in [4.69, 9.17) is 16.3 Å². The molecule has 0 aliphatic heterocycles. The fraction of sp³-hybridized carbons (Fsp3) is 0.600. The monoisotopic (exact) mass is 330 g/mol. The van der Waals surface area contributed by atoms with Crippen molar-refractivity contribution in [2.24, 2.45) is 5.92 Å². The van der Waals surface area contributed by atoms with Gasteiger partial charge in [-0.2, -0.15) is 0 Å². The van der Waals surface area contributed by atoms with Gasteiger partial charge in [0.1, 0.15) is 5.75 Å². The molecule has 3 heteroatoms. The molecule has 1 atom stereocenters. The van der Waals surface area contributed by atoms with Crippen LogP contribution in [0.5, 0.6) is 5.75 Å². The molecule has 0 radical (unpaired) electrons. The average Bonchev–Trinajstić information content (AvgIpc) is 2.90. The molecule has 1 nitrogen and oxygen atoms in total. The number of alkyl halides is 1. The third-order valence-electron chi connectivity index (χ3n) is 3.55. The van der Waals surface area contributed by atoms with Crippen molar-refractivity contribution in [3.63, 3.8) is 0 Å². The first-order chi connectivity index (χ1) is 8.72. The summed E-state index contributed by atoms with van der Waals surface area (Å²) in [7, 11) is 0. The lowest BCUT2D eigenvalue weighted by atomic mass is 9.97. The van der Waals surface area contributed by atoms with Crippen LogP contribution in [0.15, 0.2) is 22.7 Å². The van der Waals surface area contributed by atoms with E-state index in [-0.39, 0.29) is 5.38 Å². The Kier molecular flexibility index (Phi) is 5.38. The van der Waals surface area contributed by atoms with Crippen LogP contribution in [0.25, 0.3) is 0 Å². The van der Waals surface area contributed by atoms with E-state index in [2.05, 4.69) is 35.0 Å². The van der Waals surface area contributed by atoms with Crippen LogP contribution in [0.4, 0.5) is 0 Å². The second kappa shape index (κ2) is 6.81. The van der Waals surface area contributed by atoms with E-state index < -0.39 is 0 Å². The molecule has 100 valence electrons. The molecule has 0 saturated heterocycles. The highest BCUT2D eigenvalue weighted by Gasteiger charge is 2.24. The van der Waals surface area contributed by atoms with E-state index in [9.17, 15) is 0 Å². The molecule has 0 heterocycles. The summed E-state index contributed by atoms with van der Waals surface area (Å²) in [6, 6.07) is 6.24. The molecule has 1 aliphatic carbocycles. The Bertz CT molecular complexity index is 388. The largest absolute Gasteiger partial charge is 0.492 e. The van der Waals surface area contributed by atoms with E-state index in [0.717, 1.165) is 23.2 Å². The predicted octanol–water partition coefficient (Wildman–Crippen LogP) is 5.71. The summed E-state index contributed by atoms with van der Waals surface area (Å²) >= 11 is 10.2. The minimum Gasteiger partial charge on any atom is -0.492 e. The third kappa shape index (κ3) is 3.42. The minimum absolute atomic E-state index is 0.143. The smallest absolute Gasteiger partial charge is 0.133 e. The molecule has 18 heavy (non-hydrogen) atoms. The van der Waals surface area contributed by atoms with Gasteiger partial charge in [0.05, 0.1) is 16.5 Å². The van der Waals surface area contributed by atoms with Gasteiger partial charge in [-0.1, -0.05) is 25.8 Å². The molecule has 1 aromatic carbocycles. The number of rotatable bonds is 5. The lowest BCUT2D eigenvalue weighted by Gasteiger charge is -2.18. The zero-order valence-corrected chi connectivity index (χ0v) is 13.1. The Morgan fingerprint density at radius 2 is 2.11 bits per heavy atom. The van der Waals surface area contributed by atoms with Crippen molar-refractivity contribution in [1.82, 2.24) is 0 Å². The van der Waals surface area contributed by atoms with Gasteiger partial charge in [-0.25, -0.2) is 0 Å². The average molecular weight is 332 g/mol. The van der Waals surface area contributed by atoms with Crippen molar-refractivity contribution in [2.75, 3.05) is 6.61 Å². The van der Waals surface area contributed by atoms with E-state index in [1.807, 2.05) is 6.07 Å². The van der Waals surface area contributed by atoms with Gasteiger partial charge >= 0.3 is 0 Å². The van der Waals surface area contributed by atoms with Crippen LogP contribution >= 0.6 is 27.5 Å². The standard InChI is InChI=1S/C15H20BrClO/c1-2-9-18-14-8-7-12(10-13(14)16)15(17)11-5-3-4-6-11/h7-8,10-11,15H,2-6,9H2,1H3. The zero-order chi connectivity index (χ0) is 13.0. The van der Waals surface area contributed by atoms with Gasteiger partial charge in [-0.3, -0.25) is 0 Å². The van der Waals surface area contributed by atoms with E-state index in [1.54, 1.807) is 0 Å². The lowest BCUT2D eigenvalue weighted by Crippen LogP contribution is -2.04. The van der Waals surface area contributed by atoms with Gasteiger partial charge in [-0.15, -0.1) is 11.6 Å². The van der Waals surface area contributed by atoms with Gasteiger partial charge in [0, 0.05) is 0 Å². The van der Waals surface area contributed by atoms with E-state index in [0.29, 0.717) is 5.92 Å². The fourth-order valence-electron chi connectivity index (χ4n) is 2.54. The van der Waals surface area contributed by atoms with Crippen molar-refractivity contribution in [2.45, 2.75) is 44.4 Å². The topological polar surface area (TPSA) is 9.23 Å². The molecular weight excluding hydrogens is 312 g/mol. The van der Waals surface area contributed by atoms with Crippen LogP contribution in [-0.4, -0.2) is 6.61 Å². The maximum Gasteiger partial charge on any atom is 0.133 e. The number of halogens is 2. The Hall–Kier alpha value is -0.210.